The highest BCUT2D eigenvalue weighted by atomic mass is 79.9. The Hall–Kier alpha value is -2.28. The number of non-ortho nitro benzene ring substituents is 1. The number of benzene rings is 3. The molecule has 8 heteroatoms. The number of nitrogens with one attached hydrogen (secondary N) is 1. The van der Waals surface area contributed by atoms with E-state index in [1.807, 2.05) is 24.3 Å². The third-order valence-corrected chi connectivity index (χ3v) is 5.18. The lowest BCUT2D eigenvalue weighted by molar-refractivity contribution is -0.384. The van der Waals surface area contributed by atoms with Crippen molar-refractivity contribution >= 4 is 50.5 Å². The smallest absolute Gasteiger partial charge is 0.269 e. The summed E-state index contributed by atoms with van der Waals surface area (Å²) in [7, 11) is 0. The Bertz CT molecular complexity index is 997. The molecule has 28 heavy (non-hydrogen) atoms. The topological polar surface area (TPSA) is 64.4 Å². The molecule has 1 N–H and O–H groups in total. The normalized spacial score (nSPS) is 10.5. The molecule has 0 heterocycles. The minimum atomic E-state index is -0.420. The van der Waals surface area contributed by atoms with Crippen LogP contribution in [-0.2, 0) is 13.2 Å². The second-order valence-electron chi connectivity index (χ2n) is 5.95. The monoisotopic (exact) mass is 480 g/mol. The van der Waals surface area contributed by atoms with Crippen molar-refractivity contribution in [2.45, 2.75) is 13.2 Å². The van der Waals surface area contributed by atoms with Crippen LogP contribution in [0.15, 0.2) is 65.1 Å². The Morgan fingerprint density at radius 2 is 1.79 bits per heavy atom. The molecule has 0 amide bonds. The highest BCUT2D eigenvalue weighted by molar-refractivity contribution is 9.10. The molecule has 0 aliphatic carbocycles. The van der Waals surface area contributed by atoms with Crippen LogP contribution in [-0.4, -0.2) is 4.92 Å². The van der Waals surface area contributed by atoms with E-state index in [0.717, 1.165) is 21.3 Å². The first kappa shape index (κ1) is 20.5. The van der Waals surface area contributed by atoms with Gasteiger partial charge < -0.3 is 10.1 Å². The zero-order chi connectivity index (χ0) is 20.1. The van der Waals surface area contributed by atoms with E-state index in [4.69, 9.17) is 27.9 Å². The lowest BCUT2D eigenvalue weighted by atomic mass is 10.2. The molecule has 0 atom stereocenters. The summed E-state index contributed by atoms with van der Waals surface area (Å²) in [4.78, 5) is 10.3. The summed E-state index contributed by atoms with van der Waals surface area (Å²) in [6.07, 6.45) is 0. The van der Waals surface area contributed by atoms with Crippen LogP contribution >= 0.6 is 39.1 Å². The molecule has 0 aromatic heterocycles. The van der Waals surface area contributed by atoms with Gasteiger partial charge in [0.25, 0.3) is 5.69 Å². The molecule has 0 spiro atoms. The van der Waals surface area contributed by atoms with E-state index >= 15 is 0 Å². The Morgan fingerprint density at radius 3 is 2.43 bits per heavy atom. The summed E-state index contributed by atoms with van der Waals surface area (Å²) in [6.45, 7) is 0.898. The molecule has 144 valence electrons. The average Bonchev–Trinajstić information content (AvgIpc) is 2.67. The number of rotatable bonds is 7. The molecule has 0 bridgehead atoms. The van der Waals surface area contributed by atoms with Crippen molar-refractivity contribution in [3.05, 3.63) is 96.4 Å². The van der Waals surface area contributed by atoms with E-state index in [1.165, 1.54) is 12.1 Å². The van der Waals surface area contributed by atoms with E-state index in [9.17, 15) is 10.1 Å². The molecular formula is C20H15BrCl2N2O3. The number of nitro groups is 1. The Labute approximate surface area is 180 Å². The van der Waals surface area contributed by atoms with Crippen LogP contribution in [0.5, 0.6) is 5.75 Å². The molecule has 0 saturated heterocycles. The number of hydrogen-bond donors (Lipinski definition) is 1. The van der Waals surface area contributed by atoms with E-state index < -0.39 is 4.92 Å². The van der Waals surface area contributed by atoms with Crippen molar-refractivity contribution in [3.8, 4) is 5.75 Å². The number of anilines is 1. The van der Waals surface area contributed by atoms with Crippen molar-refractivity contribution in [3.63, 3.8) is 0 Å². The van der Waals surface area contributed by atoms with Crippen molar-refractivity contribution in [2.75, 3.05) is 5.32 Å². The molecule has 3 aromatic carbocycles. The van der Waals surface area contributed by atoms with Gasteiger partial charge >= 0.3 is 0 Å². The van der Waals surface area contributed by atoms with E-state index in [-0.39, 0.29) is 5.69 Å². The predicted molar refractivity (Wildman–Crippen MR) is 115 cm³/mol. The van der Waals surface area contributed by atoms with Crippen LogP contribution in [0.1, 0.15) is 11.1 Å². The molecule has 3 rings (SSSR count). The van der Waals surface area contributed by atoms with E-state index in [2.05, 4.69) is 21.2 Å². The zero-order valence-corrected chi connectivity index (χ0v) is 17.6. The first-order chi connectivity index (χ1) is 13.4. The fourth-order valence-corrected chi connectivity index (χ4v) is 3.47. The van der Waals surface area contributed by atoms with Gasteiger partial charge in [0.15, 0.2) is 0 Å². The van der Waals surface area contributed by atoms with Crippen LogP contribution in [0.4, 0.5) is 11.4 Å². The highest BCUT2D eigenvalue weighted by Gasteiger charge is 2.07. The van der Waals surface area contributed by atoms with Crippen molar-refractivity contribution in [1.29, 1.82) is 0 Å². The number of halogens is 3. The van der Waals surface area contributed by atoms with Crippen molar-refractivity contribution < 1.29 is 9.66 Å². The van der Waals surface area contributed by atoms with Crippen LogP contribution in [0, 0.1) is 10.1 Å². The SMILES string of the molecule is O=[N+]([O-])c1ccc(NCc2ccc(OCc3ccc(Cl)cc3Cl)c(Br)c2)cc1. The third kappa shape index (κ3) is 5.38. The minimum absolute atomic E-state index is 0.0654. The summed E-state index contributed by atoms with van der Waals surface area (Å²) < 4.78 is 6.66. The van der Waals surface area contributed by atoms with Crippen LogP contribution in [0.25, 0.3) is 0 Å². The molecule has 0 unspecified atom stereocenters. The van der Waals surface area contributed by atoms with Gasteiger partial charge in [0.05, 0.1) is 9.40 Å². The van der Waals surface area contributed by atoms with Gasteiger partial charge in [-0.2, -0.15) is 0 Å². The number of ether oxygens (including phenoxy) is 1. The quantitative estimate of drug-likeness (QED) is 0.296. The molecule has 0 fully saturated rings. The van der Waals surface area contributed by atoms with Gasteiger partial charge in [0.1, 0.15) is 12.4 Å². The second-order valence-corrected chi connectivity index (χ2v) is 7.64. The Balaban J connectivity index is 1.59. The Kier molecular flexibility index (Phi) is 6.78. The van der Waals surface area contributed by atoms with Gasteiger partial charge in [0, 0.05) is 40.0 Å². The standard InChI is InChI=1S/C20H15BrCl2N2O3/c21-18-9-13(11-24-16-4-6-17(7-5-16)25(26)27)1-8-20(18)28-12-14-2-3-15(22)10-19(14)23/h1-10,24H,11-12H2. The number of nitrogens with zero attached hydrogens (tertiary/aromatic N) is 1. The number of hydrogen-bond acceptors (Lipinski definition) is 4. The van der Waals surface area contributed by atoms with E-state index in [1.54, 1.807) is 24.3 Å². The molecule has 0 aliphatic heterocycles. The van der Waals surface area contributed by atoms with Crippen molar-refractivity contribution in [2.24, 2.45) is 0 Å². The first-order valence-corrected chi connectivity index (χ1v) is 9.81. The first-order valence-electron chi connectivity index (χ1n) is 8.26. The minimum Gasteiger partial charge on any atom is -0.488 e. The van der Waals surface area contributed by atoms with Gasteiger partial charge in [-0.1, -0.05) is 35.3 Å². The van der Waals surface area contributed by atoms with Crippen LogP contribution in [0.3, 0.4) is 0 Å². The summed E-state index contributed by atoms with van der Waals surface area (Å²) in [5.41, 5.74) is 2.75. The van der Waals surface area contributed by atoms with Gasteiger partial charge in [-0.15, -0.1) is 0 Å². The summed E-state index contributed by atoms with van der Waals surface area (Å²) in [5, 5.41) is 15.1. The van der Waals surface area contributed by atoms with Gasteiger partial charge in [-0.3, -0.25) is 10.1 Å². The predicted octanol–water partition coefficient (Wildman–Crippen LogP) is 6.86. The maximum absolute atomic E-state index is 10.7. The summed E-state index contributed by atoms with van der Waals surface area (Å²) >= 11 is 15.6. The summed E-state index contributed by atoms with van der Waals surface area (Å²) in [5.74, 6) is 0.699. The zero-order valence-electron chi connectivity index (χ0n) is 14.5. The van der Waals surface area contributed by atoms with Crippen LogP contribution < -0.4 is 10.1 Å². The molecule has 0 saturated carbocycles. The largest absolute Gasteiger partial charge is 0.488 e. The van der Waals surface area contributed by atoms with Gasteiger partial charge in [-0.05, 0) is 57.9 Å². The molecule has 0 aliphatic rings. The lowest BCUT2D eigenvalue weighted by Gasteiger charge is -2.12. The van der Waals surface area contributed by atoms with Crippen molar-refractivity contribution in [1.82, 2.24) is 0 Å². The molecule has 5 nitrogen and oxygen atoms in total. The maximum Gasteiger partial charge on any atom is 0.269 e. The second kappa shape index (κ2) is 9.28. The van der Waals surface area contributed by atoms with Gasteiger partial charge in [-0.25, -0.2) is 0 Å². The van der Waals surface area contributed by atoms with Crippen LogP contribution in [0.2, 0.25) is 10.0 Å². The molecular weight excluding hydrogens is 467 g/mol. The molecule has 0 radical (unpaired) electrons. The molecule has 3 aromatic rings. The van der Waals surface area contributed by atoms with Gasteiger partial charge in [0.2, 0.25) is 0 Å². The fraction of sp³-hybridized carbons (Fsp3) is 0.100. The Morgan fingerprint density at radius 1 is 1.04 bits per heavy atom. The van der Waals surface area contributed by atoms with E-state index in [0.29, 0.717) is 28.9 Å². The summed E-state index contributed by atoms with van der Waals surface area (Å²) in [6, 6.07) is 17.4. The third-order valence-electron chi connectivity index (χ3n) is 3.97. The fourth-order valence-electron chi connectivity index (χ4n) is 2.47. The highest BCUT2D eigenvalue weighted by Crippen LogP contribution is 2.29. The maximum atomic E-state index is 10.7. The average molecular weight is 482 g/mol. The number of nitro benzene ring substituents is 1. The lowest BCUT2D eigenvalue weighted by Crippen LogP contribution is -2.01.